The van der Waals surface area contributed by atoms with E-state index in [-0.39, 0.29) is 5.91 Å². The molecule has 0 fully saturated rings. The van der Waals surface area contributed by atoms with Gasteiger partial charge >= 0.3 is 0 Å². The fourth-order valence-corrected chi connectivity index (χ4v) is 0.797. The van der Waals surface area contributed by atoms with Gasteiger partial charge in [0.05, 0.1) is 0 Å². The van der Waals surface area contributed by atoms with Gasteiger partial charge in [0.2, 0.25) is 0 Å². The van der Waals surface area contributed by atoms with Crippen molar-refractivity contribution in [2.24, 2.45) is 0 Å². The van der Waals surface area contributed by atoms with Crippen LogP contribution in [0, 0.1) is 0 Å². The van der Waals surface area contributed by atoms with E-state index in [4.69, 9.17) is 0 Å². The highest BCUT2D eigenvalue weighted by Crippen LogP contribution is 2.05. The molecule has 0 radical (unpaired) electrons. The predicted octanol–water partition coefficient (Wildman–Crippen LogP) is 1.21. The van der Waals surface area contributed by atoms with Crippen LogP contribution < -0.4 is 0 Å². The molecule has 0 aliphatic rings. The Morgan fingerprint density at radius 3 is 2.64 bits per heavy atom. The third kappa shape index (κ3) is 2.13. The Hall–Kier alpha value is -0.680. The lowest BCUT2D eigenvalue weighted by atomic mass is 10.3. The minimum atomic E-state index is -0.336. The van der Waals surface area contributed by atoms with Crippen LogP contribution in [-0.4, -0.2) is 14.6 Å². The Kier molecular flexibility index (Phi) is 2.78. The van der Waals surface area contributed by atoms with Crippen LogP contribution in [0.3, 0.4) is 0 Å². The van der Waals surface area contributed by atoms with Crippen LogP contribution in [0.15, 0.2) is 24.4 Å². The minimum Gasteiger partial charge on any atom is -0.265 e. The quantitative estimate of drug-likeness (QED) is 0.646. The fourth-order valence-electron chi connectivity index (χ4n) is 0.592. The molecule has 0 atom stereocenters. The van der Waals surface area contributed by atoms with Crippen LogP contribution in [0.2, 0.25) is 0 Å². The number of rotatable bonds is 1. The molecule has 1 amide bonds. The zero-order valence-electron chi connectivity index (χ0n) is 5.51. The molecule has 1 aromatic rings. The molecule has 3 nitrogen and oxygen atoms in total. The number of amides is 1. The van der Waals surface area contributed by atoms with Gasteiger partial charge in [-0.05, 0) is 12.1 Å². The molecule has 0 spiro atoms. The van der Waals surface area contributed by atoms with E-state index in [1.54, 1.807) is 18.2 Å². The first-order valence-electron chi connectivity index (χ1n) is 2.85. The molecule has 11 heavy (non-hydrogen) atoms. The third-order valence-corrected chi connectivity index (χ3v) is 1.43. The van der Waals surface area contributed by atoms with Crippen molar-refractivity contribution in [3.05, 3.63) is 30.1 Å². The van der Waals surface area contributed by atoms with E-state index in [0.717, 1.165) is 3.71 Å². The summed E-state index contributed by atoms with van der Waals surface area (Å²) in [5.74, 6) is -0.336. The van der Waals surface area contributed by atoms with Gasteiger partial charge in [-0.1, -0.05) is 31.7 Å². The number of carbonyl (C=O) groups is 1. The van der Waals surface area contributed by atoms with E-state index in [2.05, 4.69) is 30.6 Å². The Labute approximate surface area is 75.5 Å². The van der Waals surface area contributed by atoms with Crippen LogP contribution in [0.4, 0.5) is 0 Å². The monoisotopic (exact) mass is 186 g/mol. The number of aromatic nitrogens is 1. The molecular weight excluding hydrogens is 180 g/mol. The van der Waals surface area contributed by atoms with Gasteiger partial charge in [-0.25, -0.2) is 3.71 Å². The standard InChI is InChI=1S/C6H6N2OS2/c9-6(8(10)11)5-3-1-2-4-7-5/h1-4,10-11H. The van der Waals surface area contributed by atoms with Crippen molar-refractivity contribution in [2.45, 2.75) is 0 Å². The summed E-state index contributed by atoms with van der Waals surface area (Å²) in [5, 5.41) is 0. The third-order valence-electron chi connectivity index (χ3n) is 1.07. The van der Waals surface area contributed by atoms with E-state index in [0.29, 0.717) is 5.69 Å². The Bertz CT molecular complexity index is 250. The van der Waals surface area contributed by atoms with Gasteiger partial charge in [0, 0.05) is 6.20 Å². The second-order valence-corrected chi connectivity index (χ2v) is 2.93. The zero-order chi connectivity index (χ0) is 8.27. The number of nitrogens with zero attached hydrogens (tertiary/aromatic N) is 2. The lowest BCUT2D eigenvalue weighted by Gasteiger charge is -2.04. The number of hydrogen-bond donors (Lipinski definition) is 2. The molecule has 1 heterocycles. The number of carbonyl (C=O) groups excluding carboxylic acids is 1. The van der Waals surface area contributed by atoms with Crippen LogP contribution in [0.5, 0.6) is 0 Å². The van der Waals surface area contributed by atoms with Crippen LogP contribution in [0.1, 0.15) is 10.5 Å². The van der Waals surface area contributed by atoms with Gasteiger partial charge in [-0.15, -0.1) is 0 Å². The maximum atomic E-state index is 11.1. The summed E-state index contributed by atoms with van der Waals surface area (Å²) < 4.78 is 0.891. The van der Waals surface area contributed by atoms with E-state index in [1.807, 2.05) is 0 Å². The molecule has 1 aromatic heterocycles. The fraction of sp³-hybridized carbons (Fsp3) is 0. The minimum absolute atomic E-state index is 0.331. The maximum absolute atomic E-state index is 11.1. The van der Waals surface area contributed by atoms with Crippen molar-refractivity contribution in [2.75, 3.05) is 0 Å². The summed E-state index contributed by atoms with van der Waals surface area (Å²) in [6, 6.07) is 5.06. The van der Waals surface area contributed by atoms with E-state index < -0.39 is 0 Å². The Morgan fingerprint density at radius 1 is 1.45 bits per heavy atom. The first-order chi connectivity index (χ1) is 5.22. The van der Waals surface area contributed by atoms with Gasteiger partial charge in [0.1, 0.15) is 5.69 Å². The number of thiol groups is 2. The van der Waals surface area contributed by atoms with Crippen molar-refractivity contribution in [3.8, 4) is 0 Å². The smallest absolute Gasteiger partial charge is 0.265 e. The van der Waals surface area contributed by atoms with Crippen molar-refractivity contribution < 1.29 is 4.79 Å². The van der Waals surface area contributed by atoms with Crippen molar-refractivity contribution in [1.82, 2.24) is 8.69 Å². The average molecular weight is 186 g/mol. The Balaban J connectivity index is 2.86. The summed E-state index contributed by atoms with van der Waals surface area (Å²) in [7, 11) is 0. The SMILES string of the molecule is O=C(c1ccccn1)N(S)S. The van der Waals surface area contributed by atoms with Crippen LogP contribution >= 0.6 is 25.6 Å². The van der Waals surface area contributed by atoms with Gasteiger partial charge < -0.3 is 0 Å². The highest BCUT2D eigenvalue weighted by molar-refractivity contribution is 7.94. The van der Waals surface area contributed by atoms with Crippen molar-refractivity contribution in [3.63, 3.8) is 0 Å². The van der Waals surface area contributed by atoms with Gasteiger partial charge in [0.15, 0.2) is 0 Å². The molecule has 0 bridgehead atoms. The van der Waals surface area contributed by atoms with Gasteiger partial charge in [0.25, 0.3) is 5.91 Å². The summed E-state index contributed by atoms with van der Waals surface area (Å²) in [6.07, 6.45) is 1.54. The molecule has 0 unspecified atom stereocenters. The maximum Gasteiger partial charge on any atom is 0.292 e. The molecule has 1 rings (SSSR count). The second kappa shape index (κ2) is 3.64. The summed E-state index contributed by atoms with van der Waals surface area (Å²) in [5.41, 5.74) is 0.331. The lowest BCUT2D eigenvalue weighted by Crippen LogP contribution is -2.12. The van der Waals surface area contributed by atoms with Gasteiger partial charge in [-0.3, -0.25) is 9.78 Å². The largest absolute Gasteiger partial charge is 0.292 e. The van der Waals surface area contributed by atoms with Crippen LogP contribution in [0.25, 0.3) is 0 Å². The van der Waals surface area contributed by atoms with E-state index in [9.17, 15) is 4.79 Å². The van der Waals surface area contributed by atoms with E-state index >= 15 is 0 Å². The second-order valence-electron chi connectivity index (χ2n) is 1.81. The number of pyridine rings is 1. The lowest BCUT2D eigenvalue weighted by molar-refractivity contribution is 0.0931. The first-order valence-corrected chi connectivity index (χ1v) is 3.65. The van der Waals surface area contributed by atoms with Gasteiger partial charge in [-0.2, -0.15) is 0 Å². The molecule has 58 valence electrons. The molecule has 0 saturated heterocycles. The van der Waals surface area contributed by atoms with Crippen molar-refractivity contribution >= 4 is 31.5 Å². The summed E-state index contributed by atoms with van der Waals surface area (Å²) >= 11 is 7.42. The first kappa shape index (κ1) is 8.42. The summed E-state index contributed by atoms with van der Waals surface area (Å²) in [4.78, 5) is 14.9. The summed E-state index contributed by atoms with van der Waals surface area (Å²) in [6.45, 7) is 0. The molecule has 0 aliphatic heterocycles. The molecule has 0 aliphatic carbocycles. The molecule has 5 heteroatoms. The highest BCUT2D eigenvalue weighted by Gasteiger charge is 2.08. The molecule has 0 aromatic carbocycles. The highest BCUT2D eigenvalue weighted by atomic mass is 32.2. The van der Waals surface area contributed by atoms with E-state index in [1.165, 1.54) is 6.20 Å². The topological polar surface area (TPSA) is 33.2 Å². The number of hydrogen-bond acceptors (Lipinski definition) is 4. The molecule has 0 N–H and O–H groups in total. The van der Waals surface area contributed by atoms with Crippen LogP contribution in [-0.2, 0) is 0 Å². The zero-order valence-corrected chi connectivity index (χ0v) is 7.30. The van der Waals surface area contributed by atoms with Crippen molar-refractivity contribution in [1.29, 1.82) is 0 Å². The Morgan fingerprint density at radius 2 is 2.18 bits per heavy atom. The predicted molar refractivity (Wildman–Crippen MR) is 48.4 cm³/mol. The molecule has 0 saturated carbocycles. The normalized spacial score (nSPS) is 9.27. The average Bonchev–Trinajstić information content (AvgIpc) is 2.05. The molecular formula is C6H6N2OS2.